The van der Waals surface area contributed by atoms with Gasteiger partial charge in [0.15, 0.2) is 4.67 Å². The molecular formula is C7H9Br2NO2. The average molecular weight is 299 g/mol. The Hall–Kier alpha value is 0.160. The maximum atomic E-state index is 9.48. The van der Waals surface area contributed by atoms with Gasteiger partial charge < -0.3 is 15.3 Å². The van der Waals surface area contributed by atoms with Crippen molar-refractivity contribution < 1.29 is 9.52 Å². The maximum Gasteiger partial charge on any atom is 0.183 e. The summed E-state index contributed by atoms with van der Waals surface area (Å²) in [5.74, 6) is 0.462. The van der Waals surface area contributed by atoms with Crippen molar-refractivity contribution in [1.82, 2.24) is 0 Å². The lowest BCUT2D eigenvalue weighted by molar-refractivity contribution is 0.126. The van der Waals surface area contributed by atoms with Gasteiger partial charge in [0.25, 0.3) is 0 Å². The molecule has 5 heteroatoms. The molecule has 0 amide bonds. The molecule has 0 fully saturated rings. The van der Waals surface area contributed by atoms with E-state index in [4.69, 9.17) is 10.2 Å². The van der Waals surface area contributed by atoms with Crippen LogP contribution in [0.4, 0.5) is 0 Å². The van der Waals surface area contributed by atoms with Gasteiger partial charge in [-0.25, -0.2) is 0 Å². The molecule has 1 heterocycles. The van der Waals surface area contributed by atoms with Crippen LogP contribution < -0.4 is 5.73 Å². The summed E-state index contributed by atoms with van der Waals surface area (Å²) in [6.07, 6.45) is -0.757. The Balaban J connectivity index is 2.89. The molecule has 0 aliphatic rings. The second-order valence-corrected chi connectivity index (χ2v) is 4.15. The van der Waals surface area contributed by atoms with Gasteiger partial charge in [0, 0.05) is 6.04 Å². The van der Waals surface area contributed by atoms with E-state index in [0.29, 0.717) is 10.4 Å². The van der Waals surface area contributed by atoms with Crippen LogP contribution >= 0.6 is 31.9 Å². The highest BCUT2D eigenvalue weighted by molar-refractivity contribution is 9.13. The minimum absolute atomic E-state index is 0.338. The lowest BCUT2D eigenvalue weighted by Gasteiger charge is -2.10. The number of hydrogen-bond donors (Lipinski definition) is 2. The minimum atomic E-state index is -0.757. The summed E-state index contributed by atoms with van der Waals surface area (Å²) in [7, 11) is 0. The van der Waals surface area contributed by atoms with E-state index in [1.165, 1.54) is 0 Å². The minimum Gasteiger partial charge on any atom is -0.450 e. The molecule has 0 aliphatic heterocycles. The maximum absolute atomic E-state index is 9.48. The number of hydrogen-bond acceptors (Lipinski definition) is 3. The van der Waals surface area contributed by atoms with Gasteiger partial charge in [-0.05, 0) is 44.8 Å². The van der Waals surface area contributed by atoms with Gasteiger partial charge in [0.2, 0.25) is 0 Å². The molecule has 2 unspecified atom stereocenters. The Morgan fingerprint density at radius 3 is 2.50 bits per heavy atom. The molecule has 2 atom stereocenters. The Bertz CT molecular complexity index is 253. The van der Waals surface area contributed by atoms with Crippen molar-refractivity contribution in [3.05, 3.63) is 21.0 Å². The third kappa shape index (κ3) is 2.10. The zero-order valence-corrected chi connectivity index (χ0v) is 9.59. The second-order valence-electron chi connectivity index (χ2n) is 2.57. The van der Waals surface area contributed by atoms with Crippen LogP contribution in [0.25, 0.3) is 0 Å². The van der Waals surface area contributed by atoms with Crippen molar-refractivity contribution >= 4 is 31.9 Å². The Kier molecular flexibility index (Phi) is 3.34. The summed E-state index contributed by atoms with van der Waals surface area (Å²) in [5.41, 5.74) is 5.49. The Labute approximate surface area is 87.2 Å². The summed E-state index contributed by atoms with van der Waals surface area (Å²) in [6.45, 7) is 1.72. The fourth-order valence-electron chi connectivity index (χ4n) is 0.768. The normalized spacial score (nSPS) is 16.1. The quantitative estimate of drug-likeness (QED) is 0.880. The van der Waals surface area contributed by atoms with E-state index in [9.17, 15) is 5.11 Å². The number of halogens is 2. The van der Waals surface area contributed by atoms with Crippen molar-refractivity contribution in [2.45, 2.75) is 19.1 Å². The van der Waals surface area contributed by atoms with Crippen LogP contribution in [-0.4, -0.2) is 11.1 Å². The van der Waals surface area contributed by atoms with Crippen LogP contribution in [0.15, 0.2) is 19.6 Å². The standard InChI is InChI=1S/C7H9Br2NO2/c1-3(10)6(11)5-2-4(8)7(9)12-5/h2-3,6,11H,10H2,1H3. The van der Waals surface area contributed by atoms with Crippen LogP contribution in [0.3, 0.4) is 0 Å². The highest BCUT2D eigenvalue weighted by Gasteiger charge is 2.18. The highest BCUT2D eigenvalue weighted by atomic mass is 79.9. The van der Waals surface area contributed by atoms with Gasteiger partial charge in [-0.3, -0.25) is 0 Å². The van der Waals surface area contributed by atoms with E-state index in [1.54, 1.807) is 13.0 Å². The SMILES string of the molecule is CC(N)C(O)c1cc(Br)c(Br)o1. The molecule has 0 bridgehead atoms. The first-order valence-electron chi connectivity index (χ1n) is 3.40. The number of aliphatic hydroxyl groups is 1. The van der Waals surface area contributed by atoms with E-state index >= 15 is 0 Å². The van der Waals surface area contributed by atoms with Gasteiger partial charge in [-0.1, -0.05) is 0 Å². The molecule has 0 radical (unpaired) electrons. The molecule has 0 spiro atoms. The first-order chi connectivity index (χ1) is 5.52. The molecular weight excluding hydrogens is 290 g/mol. The second kappa shape index (κ2) is 3.91. The number of rotatable bonds is 2. The summed E-state index contributed by atoms with van der Waals surface area (Å²) in [5, 5.41) is 9.48. The summed E-state index contributed by atoms with van der Waals surface area (Å²) in [4.78, 5) is 0. The van der Waals surface area contributed by atoms with E-state index in [-0.39, 0.29) is 6.04 Å². The Morgan fingerprint density at radius 1 is 1.58 bits per heavy atom. The summed E-state index contributed by atoms with van der Waals surface area (Å²) < 4.78 is 6.52. The predicted molar refractivity (Wildman–Crippen MR) is 52.7 cm³/mol. The first-order valence-corrected chi connectivity index (χ1v) is 4.99. The van der Waals surface area contributed by atoms with Gasteiger partial charge in [0.1, 0.15) is 11.9 Å². The topological polar surface area (TPSA) is 59.4 Å². The van der Waals surface area contributed by atoms with Gasteiger partial charge >= 0.3 is 0 Å². The lowest BCUT2D eigenvalue weighted by atomic mass is 10.1. The van der Waals surface area contributed by atoms with Crippen LogP contribution in [0, 0.1) is 0 Å². The molecule has 12 heavy (non-hydrogen) atoms. The average Bonchev–Trinajstić information content (AvgIpc) is 2.30. The Morgan fingerprint density at radius 2 is 2.17 bits per heavy atom. The molecule has 0 aromatic carbocycles. The van der Waals surface area contributed by atoms with Gasteiger partial charge in [0.05, 0.1) is 4.47 Å². The summed E-state index contributed by atoms with van der Waals surface area (Å²) >= 11 is 6.41. The van der Waals surface area contributed by atoms with Crippen molar-refractivity contribution in [2.24, 2.45) is 5.73 Å². The smallest absolute Gasteiger partial charge is 0.183 e. The number of nitrogens with two attached hydrogens (primary N) is 1. The molecule has 3 nitrogen and oxygen atoms in total. The number of aliphatic hydroxyl groups excluding tert-OH is 1. The van der Waals surface area contributed by atoms with Crippen molar-refractivity contribution in [3.8, 4) is 0 Å². The van der Waals surface area contributed by atoms with Crippen LogP contribution in [-0.2, 0) is 0 Å². The van der Waals surface area contributed by atoms with Crippen molar-refractivity contribution in [3.63, 3.8) is 0 Å². The van der Waals surface area contributed by atoms with Gasteiger partial charge in [-0.15, -0.1) is 0 Å². The zero-order chi connectivity index (χ0) is 9.30. The number of furan rings is 1. The molecule has 1 aromatic heterocycles. The molecule has 1 rings (SSSR count). The van der Waals surface area contributed by atoms with E-state index in [2.05, 4.69) is 31.9 Å². The fourth-order valence-corrected chi connectivity index (χ4v) is 1.38. The molecule has 3 N–H and O–H groups in total. The third-order valence-corrected chi connectivity index (χ3v) is 3.16. The van der Waals surface area contributed by atoms with E-state index < -0.39 is 6.10 Å². The molecule has 68 valence electrons. The van der Waals surface area contributed by atoms with E-state index in [0.717, 1.165) is 4.47 Å². The predicted octanol–water partition coefficient (Wildman–Crippen LogP) is 2.19. The van der Waals surface area contributed by atoms with E-state index in [1.807, 2.05) is 0 Å². The van der Waals surface area contributed by atoms with Gasteiger partial charge in [-0.2, -0.15) is 0 Å². The van der Waals surface area contributed by atoms with Crippen LogP contribution in [0.2, 0.25) is 0 Å². The molecule has 0 saturated heterocycles. The molecule has 1 aromatic rings. The molecule has 0 saturated carbocycles. The van der Waals surface area contributed by atoms with Crippen molar-refractivity contribution in [2.75, 3.05) is 0 Å². The largest absolute Gasteiger partial charge is 0.450 e. The lowest BCUT2D eigenvalue weighted by Crippen LogP contribution is -2.23. The summed E-state index contributed by atoms with van der Waals surface area (Å²) in [6, 6.07) is 1.35. The zero-order valence-electron chi connectivity index (χ0n) is 6.42. The molecule has 0 aliphatic carbocycles. The highest BCUT2D eigenvalue weighted by Crippen LogP contribution is 2.30. The van der Waals surface area contributed by atoms with Crippen molar-refractivity contribution in [1.29, 1.82) is 0 Å². The van der Waals surface area contributed by atoms with Crippen LogP contribution in [0.5, 0.6) is 0 Å². The fraction of sp³-hybridized carbons (Fsp3) is 0.429. The first kappa shape index (κ1) is 10.2. The monoisotopic (exact) mass is 297 g/mol. The van der Waals surface area contributed by atoms with Crippen LogP contribution in [0.1, 0.15) is 18.8 Å². The third-order valence-electron chi connectivity index (χ3n) is 1.45.